The van der Waals surface area contributed by atoms with E-state index < -0.39 is 5.82 Å². The molecule has 0 radical (unpaired) electrons. The van der Waals surface area contributed by atoms with Gasteiger partial charge in [0.1, 0.15) is 5.82 Å². The summed E-state index contributed by atoms with van der Waals surface area (Å²) in [5, 5.41) is 3.13. The normalized spacial score (nSPS) is 12.0. The monoisotopic (exact) mass is 357 g/mol. The summed E-state index contributed by atoms with van der Waals surface area (Å²) in [4.78, 5) is 13.3. The van der Waals surface area contributed by atoms with Crippen molar-refractivity contribution in [2.24, 2.45) is 0 Å². The maximum absolute atomic E-state index is 13.1. The highest BCUT2D eigenvalue weighted by molar-refractivity contribution is 8.00. The number of hydrogen-bond donors (Lipinski definition) is 1. The van der Waals surface area contributed by atoms with Gasteiger partial charge in [-0.1, -0.05) is 30.1 Å². The number of halogens is 3. The average Bonchev–Trinajstić information content (AvgIpc) is 2.50. The van der Waals surface area contributed by atoms with Crippen LogP contribution in [0.3, 0.4) is 0 Å². The van der Waals surface area contributed by atoms with E-state index in [2.05, 4.69) is 5.32 Å². The van der Waals surface area contributed by atoms with Gasteiger partial charge in [0, 0.05) is 15.6 Å². The molecule has 0 fully saturated rings. The largest absolute Gasteiger partial charge is 0.325 e. The molecule has 0 aromatic heterocycles. The third-order valence-corrected chi connectivity index (χ3v) is 4.86. The Morgan fingerprint density at radius 3 is 2.50 bits per heavy atom. The average molecular weight is 358 g/mol. The summed E-state index contributed by atoms with van der Waals surface area (Å²) >= 11 is 13.0. The van der Waals surface area contributed by atoms with Crippen LogP contribution in [0.25, 0.3) is 0 Å². The lowest BCUT2D eigenvalue weighted by Crippen LogP contribution is -2.24. The first-order valence-corrected chi connectivity index (χ1v) is 8.31. The van der Waals surface area contributed by atoms with Crippen molar-refractivity contribution in [1.82, 2.24) is 0 Å². The van der Waals surface area contributed by atoms with Gasteiger partial charge in [-0.2, -0.15) is 0 Å². The molecule has 0 spiro atoms. The fourth-order valence-corrected chi connectivity index (χ4v) is 3.06. The van der Waals surface area contributed by atoms with Crippen LogP contribution in [0.4, 0.5) is 10.1 Å². The number of hydrogen-bond acceptors (Lipinski definition) is 2. The Labute approximate surface area is 143 Å². The van der Waals surface area contributed by atoms with Crippen LogP contribution in [0.15, 0.2) is 47.4 Å². The highest BCUT2D eigenvalue weighted by Gasteiger charge is 2.18. The van der Waals surface area contributed by atoms with Crippen LogP contribution in [-0.4, -0.2) is 11.2 Å². The fourth-order valence-electron chi connectivity index (χ4n) is 1.80. The molecule has 0 unspecified atom stereocenters. The first-order valence-electron chi connectivity index (χ1n) is 6.67. The number of anilines is 1. The molecule has 0 heterocycles. The Kier molecular flexibility index (Phi) is 6.12. The summed E-state index contributed by atoms with van der Waals surface area (Å²) in [6, 6.07) is 11.4. The van der Waals surface area contributed by atoms with Crippen molar-refractivity contribution < 1.29 is 9.18 Å². The minimum absolute atomic E-state index is 0.0174. The van der Waals surface area contributed by atoms with Gasteiger partial charge in [-0.15, -0.1) is 11.8 Å². The second kappa shape index (κ2) is 7.86. The van der Waals surface area contributed by atoms with Gasteiger partial charge >= 0.3 is 0 Å². The molecule has 0 saturated heterocycles. The highest BCUT2D eigenvalue weighted by atomic mass is 35.5. The zero-order chi connectivity index (χ0) is 16.1. The molecule has 6 heteroatoms. The standard InChI is InChI=1S/C16H14Cl2FNOS/c1-2-15(22-12-6-3-10(17)4-7-12)16(21)20-11-5-8-14(19)13(18)9-11/h3-9,15H,2H2,1H3,(H,20,21)/t15-/m0/s1. The molecule has 2 nitrogen and oxygen atoms in total. The van der Waals surface area contributed by atoms with E-state index in [0.29, 0.717) is 17.1 Å². The maximum atomic E-state index is 13.1. The molecular weight excluding hydrogens is 344 g/mol. The Balaban J connectivity index is 2.04. The predicted molar refractivity (Wildman–Crippen MR) is 91.4 cm³/mol. The van der Waals surface area contributed by atoms with Gasteiger partial charge in [0.2, 0.25) is 5.91 Å². The van der Waals surface area contributed by atoms with Crippen molar-refractivity contribution in [3.05, 3.63) is 58.3 Å². The lowest BCUT2D eigenvalue weighted by atomic mass is 10.2. The fraction of sp³-hybridized carbons (Fsp3) is 0.188. The molecule has 2 aromatic carbocycles. The molecule has 116 valence electrons. The number of thioether (sulfide) groups is 1. The van der Waals surface area contributed by atoms with Gasteiger partial charge in [0.05, 0.1) is 10.3 Å². The summed E-state index contributed by atoms with van der Waals surface area (Å²) in [7, 11) is 0. The molecule has 0 aliphatic rings. The van der Waals surface area contributed by atoms with E-state index in [1.165, 1.54) is 30.0 Å². The van der Waals surface area contributed by atoms with E-state index in [-0.39, 0.29) is 16.2 Å². The Hall–Kier alpha value is -1.23. The quantitative estimate of drug-likeness (QED) is 0.701. The van der Waals surface area contributed by atoms with Gasteiger partial charge in [0.15, 0.2) is 0 Å². The summed E-state index contributed by atoms with van der Waals surface area (Å²) < 4.78 is 13.1. The van der Waals surface area contributed by atoms with E-state index in [4.69, 9.17) is 23.2 Å². The van der Waals surface area contributed by atoms with E-state index >= 15 is 0 Å². The smallest absolute Gasteiger partial charge is 0.237 e. The molecule has 0 bridgehead atoms. The minimum atomic E-state index is -0.512. The van der Waals surface area contributed by atoms with Gasteiger partial charge in [0.25, 0.3) is 0 Å². The Morgan fingerprint density at radius 2 is 1.91 bits per heavy atom. The van der Waals surface area contributed by atoms with E-state index in [0.717, 1.165) is 4.90 Å². The summed E-state index contributed by atoms with van der Waals surface area (Å²) in [5.41, 5.74) is 0.478. The molecule has 2 rings (SSSR count). The second-order valence-electron chi connectivity index (χ2n) is 4.59. The van der Waals surface area contributed by atoms with Crippen molar-refractivity contribution in [3.8, 4) is 0 Å². The molecule has 1 amide bonds. The van der Waals surface area contributed by atoms with E-state index in [1.807, 2.05) is 19.1 Å². The number of benzene rings is 2. The molecule has 0 aliphatic carbocycles. The SMILES string of the molecule is CC[C@H](Sc1ccc(Cl)cc1)C(=O)Nc1ccc(F)c(Cl)c1. The molecule has 1 N–H and O–H groups in total. The number of carbonyl (C=O) groups is 1. The Bertz CT molecular complexity index is 664. The van der Waals surface area contributed by atoms with Crippen LogP contribution >= 0.6 is 35.0 Å². The number of carbonyl (C=O) groups excluding carboxylic acids is 1. The highest BCUT2D eigenvalue weighted by Crippen LogP contribution is 2.28. The lowest BCUT2D eigenvalue weighted by Gasteiger charge is -2.15. The number of nitrogens with one attached hydrogen (secondary N) is 1. The van der Waals surface area contributed by atoms with E-state index in [9.17, 15) is 9.18 Å². The summed E-state index contributed by atoms with van der Waals surface area (Å²) in [5.74, 6) is -0.660. The number of amides is 1. The van der Waals surface area contributed by atoms with Crippen LogP contribution in [-0.2, 0) is 4.79 Å². The van der Waals surface area contributed by atoms with Crippen LogP contribution < -0.4 is 5.32 Å². The van der Waals surface area contributed by atoms with Crippen molar-refractivity contribution in [2.45, 2.75) is 23.5 Å². The number of rotatable bonds is 5. The van der Waals surface area contributed by atoms with Crippen LogP contribution in [0.1, 0.15) is 13.3 Å². The van der Waals surface area contributed by atoms with Crippen molar-refractivity contribution in [1.29, 1.82) is 0 Å². The van der Waals surface area contributed by atoms with Crippen LogP contribution in [0.5, 0.6) is 0 Å². The van der Waals surface area contributed by atoms with Crippen molar-refractivity contribution in [3.63, 3.8) is 0 Å². The molecule has 2 aromatic rings. The summed E-state index contributed by atoms with van der Waals surface area (Å²) in [6.07, 6.45) is 0.661. The molecule has 0 saturated carbocycles. The molecule has 0 aliphatic heterocycles. The zero-order valence-electron chi connectivity index (χ0n) is 11.8. The van der Waals surface area contributed by atoms with Gasteiger partial charge in [-0.25, -0.2) is 4.39 Å². The lowest BCUT2D eigenvalue weighted by molar-refractivity contribution is -0.115. The molecular formula is C16H14Cl2FNOS. The van der Waals surface area contributed by atoms with Crippen LogP contribution in [0, 0.1) is 5.82 Å². The maximum Gasteiger partial charge on any atom is 0.237 e. The van der Waals surface area contributed by atoms with E-state index in [1.54, 1.807) is 12.1 Å². The second-order valence-corrected chi connectivity index (χ2v) is 6.71. The van der Waals surface area contributed by atoms with Crippen LogP contribution in [0.2, 0.25) is 10.0 Å². The van der Waals surface area contributed by atoms with Crippen molar-refractivity contribution in [2.75, 3.05) is 5.32 Å². The summed E-state index contributed by atoms with van der Waals surface area (Å²) in [6.45, 7) is 1.94. The molecule has 22 heavy (non-hydrogen) atoms. The first-order chi connectivity index (χ1) is 10.5. The van der Waals surface area contributed by atoms with Gasteiger partial charge < -0.3 is 5.32 Å². The zero-order valence-corrected chi connectivity index (χ0v) is 14.1. The van der Waals surface area contributed by atoms with Gasteiger partial charge in [-0.05, 0) is 48.9 Å². The third kappa shape index (κ3) is 4.63. The topological polar surface area (TPSA) is 29.1 Å². The Morgan fingerprint density at radius 1 is 1.23 bits per heavy atom. The third-order valence-electron chi connectivity index (χ3n) is 2.94. The predicted octanol–water partition coefficient (Wildman–Crippen LogP) is 5.64. The molecule has 1 atom stereocenters. The van der Waals surface area contributed by atoms with Crippen molar-refractivity contribution >= 4 is 46.6 Å². The minimum Gasteiger partial charge on any atom is -0.325 e. The van der Waals surface area contributed by atoms with Gasteiger partial charge in [-0.3, -0.25) is 4.79 Å². The first kappa shape index (κ1) is 17.1.